The second-order valence-corrected chi connectivity index (χ2v) is 7.43. The average molecular weight is 388 g/mol. The van der Waals surface area contributed by atoms with E-state index in [4.69, 9.17) is 4.74 Å². The molecule has 0 aliphatic heterocycles. The highest BCUT2D eigenvalue weighted by atomic mass is 32.2. The van der Waals surface area contributed by atoms with Crippen molar-refractivity contribution < 1.29 is 14.3 Å². The molecule has 0 spiro atoms. The van der Waals surface area contributed by atoms with Gasteiger partial charge in [0.25, 0.3) is 5.91 Å². The lowest BCUT2D eigenvalue weighted by Gasteiger charge is -2.35. The first-order chi connectivity index (χ1) is 13.1. The van der Waals surface area contributed by atoms with Crippen LogP contribution in [-0.2, 0) is 9.53 Å². The summed E-state index contributed by atoms with van der Waals surface area (Å²) in [4.78, 5) is 29.8. The summed E-state index contributed by atoms with van der Waals surface area (Å²) in [6.07, 6.45) is 9.69. The third kappa shape index (κ3) is 4.18. The smallest absolute Gasteiger partial charge is 0.331 e. The van der Waals surface area contributed by atoms with Gasteiger partial charge in [-0.25, -0.2) is 9.78 Å². The molecule has 7 heteroatoms. The first kappa shape index (κ1) is 19.5. The number of esters is 1. The minimum Gasteiger partial charge on any atom is -0.464 e. The number of thioether (sulfide) groups is 1. The molecule has 1 aromatic carbocycles. The molecular weight excluding hydrogens is 362 g/mol. The highest BCUT2D eigenvalue weighted by Crippen LogP contribution is 2.30. The van der Waals surface area contributed by atoms with E-state index in [0.717, 1.165) is 30.1 Å². The SMILES string of the molecule is CCOC(=O)C1(NC(=O)c2cccc(-n3ccnc3SC)c2)CCCCC1. The van der Waals surface area contributed by atoms with Crippen molar-refractivity contribution in [1.82, 2.24) is 14.9 Å². The predicted octanol–water partition coefficient (Wildman–Crippen LogP) is 3.59. The molecule has 1 fully saturated rings. The van der Waals surface area contributed by atoms with E-state index in [1.165, 1.54) is 11.8 Å². The Labute approximate surface area is 163 Å². The Morgan fingerprint density at radius 3 is 2.78 bits per heavy atom. The van der Waals surface area contributed by atoms with Crippen LogP contribution in [0.2, 0.25) is 0 Å². The summed E-state index contributed by atoms with van der Waals surface area (Å²) >= 11 is 1.54. The van der Waals surface area contributed by atoms with Crippen molar-refractivity contribution in [3.8, 4) is 5.69 Å². The van der Waals surface area contributed by atoms with Crippen LogP contribution in [0.25, 0.3) is 5.69 Å². The van der Waals surface area contributed by atoms with Gasteiger partial charge in [-0.2, -0.15) is 0 Å². The number of ether oxygens (including phenoxy) is 1. The van der Waals surface area contributed by atoms with Crippen LogP contribution in [-0.4, -0.2) is 39.8 Å². The number of imidazole rings is 1. The normalized spacial score (nSPS) is 15.9. The van der Waals surface area contributed by atoms with E-state index in [1.54, 1.807) is 19.2 Å². The van der Waals surface area contributed by atoms with Crippen molar-refractivity contribution in [2.75, 3.05) is 12.9 Å². The van der Waals surface area contributed by atoms with Gasteiger partial charge in [0.2, 0.25) is 0 Å². The molecule has 0 saturated heterocycles. The summed E-state index contributed by atoms with van der Waals surface area (Å²) in [6.45, 7) is 2.10. The first-order valence-electron chi connectivity index (χ1n) is 9.27. The number of carbonyl (C=O) groups is 2. The third-order valence-corrected chi connectivity index (χ3v) is 5.57. The largest absolute Gasteiger partial charge is 0.464 e. The Morgan fingerprint density at radius 2 is 2.07 bits per heavy atom. The van der Waals surface area contributed by atoms with Crippen molar-refractivity contribution in [3.63, 3.8) is 0 Å². The fourth-order valence-corrected chi connectivity index (χ4v) is 4.06. The standard InChI is InChI=1S/C20H25N3O3S/c1-3-26-18(25)20(10-5-4-6-11-20)22-17(24)15-8-7-9-16(14-15)23-13-12-21-19(23)27-2/h7-9,12-14H,3-6,10-11H2,1-2H3,(H,22,24). The molecule has 144 valence electrons. The van der Waals surface area contributed by atoms with Crippen LogP contribution in [0.5, 0.6) is 0 Å². The first-order valence-corrected chi connectivity index (χ1v) is 10.5. The Balaban J connectivity index is 1.84. The van der Waals surface area contributed by atoms with Crippen molar-refractivity contribution in [3.05, 3.63) is 42.2 Å². The summed E-state index contributed by atoms with van der Waals surface area (Å²) in [5, 5.41) is 3.84. The van der Waals surface area contributed by atoms with Gasteiger partial charge in [-0.05, 0) is 44.2 Å². The van der Waals surface area contributed by atoms with Gasteiger partial charge >= 0.3 is 5.97 Å². The zero-order chi connectivity index (χ0) is 19.3. The molecule has 1 saturated carbocycles. The van der Waals surface area contributed by atoms with Crippen molar-refractivity contribution in [2.45, 2.75) is 49.7 Å². The quantitative estimate of drug-likeness (QED) is 0.606. The highest BCUT2D eigenvalue weighted by molar-refractivity contribution is 7.98. The minimum atomic E-state index is -0.916. The molecule has 1 N–H and O–H groups in total. The summed E-state index contributed by atoms with van der Waals surface area (Å²) in [5.41, 5.74) is 0.460. The van der Waals surface area contributed by atoms with Crippen molar-refractivity contribution >= 4 is 23.6 Å². The molecular formula is C20H25N3O3S. The van der Waals surface area contributed by atoms with E-state index in [0.29, 0.717) is 25.0 Å². The van der Waals surface area contributed by atoms with E-state index >= 15 is 0 Å². The lowest BCUT2D eigenvalue weighted by molar-refractivity contribution is -0.152. The van der Waals surface area contributed by atoms with Gasteiger partial charge in [0, 0.05) is 23.6 Å². The van der Waals surface area contributed by atoms with E-state index in [9.17, 15) is 9.59 Å². The van der Waals surface area contributed by atoms with Gasteiger partial charge in [-0.1, -0.05) is 37.1 Å². The molecule has 1 heterocycles. The molecule has 0 radical (unpaired) electrons. The number of hydrogen-bond donors (Lipinski definition) is 1. The van der Waals surface area contributed by atoms with E-state index < -0.39 is 5.54 Å². The fourth-order valence-electron chi connectivity index (χ4n) is 3.53. The highest BCUT2D eigenvalue weighted by Gasteiger charge is 2.42. The van der Waals surface area contributed by atoms with Crippen LogP contribution < -0.4 is 5.32 Å². The van der Waals surface area contributed by atoms with E-state index in [2.05, 4.69) is 10.3 Å². The zero-order valence-electron chi connectivity index (χ0n) is 15.7. The summed E-state index contributed by atoms with van der Waals surface area (Å²) in [7, 11) is 0. The summed E-state index contributed by atoms with van der Waals surface area (Å²) < 4.78 is 7.20. The van der Waals surface area contributed by atoms with E-state index in [1.807, 2.05) is 35.2 Å². The van der Waals surface area contributed by atoms with Gasteiger partial charge in [-0.3, -0.25) is 9.36 Å². The number of rotatable bonds is 6. The van der Waals surface area contributed by atoms with Gasteiger partial charge in [0.1, 0.15) is 5.54 Å². The number of nitrogens with zero attached hydrogens (tertiary/aromatic N) is 2. The lowest BCUT2D eigenvalue weighted by Crippen LogP contribution is -2.56. The van der Waals surface area contributed by atoms with Crippen LogP contribution in [0.3, 0.4) is 0 Å². The van der Waals surface area contributed by atoms with Crippen LogP contribution in [0.15, 0.2) is 41.8 Å². The molecule has 3 rings (SSSR count). The van der Waals surface area contributed by atoms with Gasteiger partial charge in [0.05, 0.1) is 6.61 Å². The van der Waals surface area contributed by atoms with Gasteiger partial charge in [0.15, 0.2) is 5.16 Å². The Kier molecular flexibility index (Phi) is 6.21. The van der Waals surface area contributed by atoms with Crippen molar-refractivity contribution in [1.29, 1.82) is 0 Å². The molecule has 0 unspecified atom stereocenters. The second-order valence-electron chi connectivity index (χ2n) is 6.65. The van der Waals surface area contributed by atoms with Crippen LogP contribution in [0, 0.1) is 0 Å². The number of benzene rings is 1. The van der Waals surface area contributed by atoms with Gasteiger partial charge in [-0.15, -0.1) is 0 Å². The fraction of sp³-hybridized carbons (Fsp3) is 0.450. The third-order valence-electron chi connectivity index (χ3n) is 4.90. The molecule has 1 aromatic heterocycles. The predicted molar refractivity (Wildman–Crippen MR) is 105 cm³/mol. The monoisotopic (exact) mass is 387 g/mol. The summed E-state index contributed by atoms with van der Waals surface area (Å²) in [5.74, 6) is -0.578. The topological polar surface area (TPSA) is 73.2 Å². The summed E-state index contributed by atoms with van der Waals surface area (Å²) in [6, 6.07) is 7.35. The number of carbonyl (C=O) groups excluding carboxylic acids is 2. The number of amides is 1. The number of aromatic nitrogens is 2. The Hall–Kier alpha value is -2.28. The Bertz CT molecular complexity index is 812. The molecule has 2 aromatic rings. The van der Waals surface area contributed by atoms with Crippen LogP contribution in [0.1, 0.15) is 49.4 Å². The molecule has 1 amide bonds. The molecule has 0 bridgehead atoms. The Morgan fingerprint density at radius 1 is 1.30 bits per heavy atom. The maximum atomic E-state index is 13.0. The average Bonchev–Trinajstić information content (AvgIpc) is 3.18. The molecule has 0 atom stereocenters. The van der Waals surface area contributed by atoms with Crippen LogP contribution in [0.4, 0.5) is 0 Å². The van der Waals surface area contributed by atoms with Crippen LogP contribution >= 0.6 is 11.8 Å². The maximum absolute atomic E-state index is 13.0. The van der Waals surface area contributed by atoms with E-state index in [-0.39, 0.29) is 11.9 Å². The van der Waals surface area contributed by atoms with Crippen molar-refractivity contribution in [2.24, 2.45) is 0 Å². The number of nitrogens with one attached hydrogen (secondary N) is 1. The second kappa shape index (κ2) is 8.61. The number of hydrogen-bond acceptors (Lipinski definition) is 5. The molecule has 6 nitrogen and oxygen atoms in total. The lowest BCUT2D eigenvalue weighted by atomic mass is 9.81. The molecule has 1 aliphatic carbocycles. The molecule has 27 heavy (non-hydrogen) atoms. The zero-order valence-corrected chi connectivity index (χ0v) is 16.6. The molecule has 1 aliphatic rings. The van der Waals surface area contributed by atoms with Gasteiger partial charge < -0.3 is 10.1 Å². The maximum Gasteiger partial charge on any atom is 0.331 e. The minimum absolute atomic E-state index is 0.252.